The van der Waals surface area contributed by atoms with Crippen LogP contribution in [0.5, 0.6) is 5.75 Å². The fourth-order valence-corrected chi connectivity index (χ4v) is 2.68. The number of hydrogen-bond donors (Lipinski definition) is 1. The summed E-state index contributed by atoms with van der Waals surface area (Å²) < 4.78 is 6.23. The van der Waals surface area contributed by atoms with Crippen LogP contribution in [0.25, 0.3) is 0 Å². The van der Waals surface area contributed by atoms with Gasteiger partial charge in [0.05, 0.1) is 10.7 Å². The molecule has 0 bridgehead atoms. The monoisotopic (exact) mass is 403 g/mol. The minimum atomic E-state index is -0.313. The molecule has 6 heteroatoms. The predicted octanol–water partition coefficient (Wildman–Crippen LogP) is 3.82. The molecule has 0 atom stereocenters. The molecular formula is C19H22BrN3O2. The molecule has 132 valence electrons. The number of carbonyl (C=O) groups is 1. The van der Waals surface area contributed by atoms with Crippen LogP contribution in [0, 0.1) is 0 Å². The van der Waals surface area contributed by atoms with Gasteiger partial charge in [0.1, 0.15) is 5.75 Å². The fraction of sp³-hybridized carbons (Fsp3) is 0.263. The van der Waals surface area contributed by atoms with Crippen LogP contribution in [0.2, 0.25) is 0 Å². The van der Waals surface area contributed by atoms with Crippen molar-refractivity contribution in [1.29, 1.82) is 0 Å². The van der Waals surface area contributed by atoms with E-state index in [1.54, 1.807) is 12.3 Å². The van der Waals surface area contributed by atoms with E-state index in [1.807, 2.05) is 42.5 Å². The third kappa shape index (κ3) is 5.90. The number of anilines is 1. The summed E-state index contributed by atoms with van der Waals surface area (Å²) in [5.41, 5.74) is 4.55. The van der Waals surface area contributed by atoms with Gasteiger partial charge in [-0.2, -0.15) is 5.10 Å². The highest BCUT2D eigenvalue weighted by molar-refractivity contribution is 9.10. The zero-order valence-electron chi connectivity index (χ0n) is 14.4. The number of amides is 1. The third-order valence-corrected chi connectivity index (χ3v) is 4.28. The maximum absolute atomic E-state index is 11.8. The van der Waals surface area contributed by atoms with Crippen molar-refractivity contribution in [1.82, 2.24) is 5.43 Å². The van der Waals surface area contributed by atoms with Crippen LogP contribution in [-0.4, -0.2) is 31.8 Å². The number of halogens is 1. The Kier molecular flexibility index (Phi) is 7.47. The lowest BCUT2D eigenvalue weighted by molar-refractivity contribution is -0.123. The molecule has 2 aromatic rings. The summed E-state index contributed by atoms with van der Waals surface area (Å²) in [6.07, 6.45) is 1.61. The van der Waals surface area contributed by atoms with E-state index in [9.17, 15) is 4.79 Å². The normalized spacial score (nSPS) is 10.7. The molecule has 0 aliphatic heterocycles. The second-order valence-electron chi connectivity index (χ2n) is 5.28. The van der Waals surface area contributed by atoms with Gasteiger partial charge in [0.25, 0.3) is 5.91 Å². The van der Waals surface area contributed by atoms with E-state index < -0.39 is 0 Å². The minimum absolute atomic E-state index is 0.0964. The number of benzene rings is 2. The number of para-hydroxylation sites is 1. The number of nitrogens with zero attached hydrogens (tertiary/aromatic N) is 2. The maximum atomic E-state index is 11.8. The van der Waals surface area contributed by atoms with Crippen molar-refractivity contribution in [3.63, 3.8) is 0 Å². The molecule has 0 saturated heterocycles. The molecule has 0 saturated carbocycles. The van der Waals surface area contributed by atoms with E-state index in [2.05, 4.69) is 45.2 Å². The highest BCUT2D eigenvalue weighted by atomic mass is 79.9. The van der Waals surface area contributed by atoms with Gasteiger partial charge in [-0.15, -0.1) is 0 Å². The van der Waals surface area contributed by atoms with E-state index >= 15 is 0 Å². The van der Waals surface area contributed by atoms with Crippen LogP contribution in [-0.2, 0) is 4.79 Å². The summed E-state index contributed by atoms with van der Waals surface area (Å²) in [6, 6.07) is 15.4. The first kappa shape index (κ1) is 19.0. The smallest absolute Gasteiger partial charge is 0.277 e. The SMILES string of the molecule is CCN(CC)c1ccc(/C=N/NC(=O)COc2ccccc2Br)cc1. The molecule has 0 heterocycles. The average Bonchev–Trinajstić information content (AvgIpc) is 2.63. The number of nitrogens with one attached hydrogen (secondary N) is 1. The summed E-state index contributed by atoms with van der Waals surface area (Å²) in [6.45, 7) is 6.10. The van der Waals surface area contributed by atoms with Crippen LogP contribution < -0.4 is 15.1 Å². The summed E-state index contributed by atoms with van der Waals surface area (Å²) in [4.78, 5) is 14.0. The molecule has 0 fully saturated rings. The van der Waals surface area contributed by atoms with Crippen molar-refractivity contribution in [3.05, 3.63) is 58.6 Å². The summed E-state index contributed by atoms with van der Waals surface area (Å²) in [5, 5.41) is 3.96. The lowest BCUT2D eigenvalue weighted by Gasteiger charge is -2.20. The number of hydrazone groups is 1. The Morgan fingerprint density at radius 1 is 1.16 bits per heavy atom. The first-order chi connectivity index (χ1) is 12.1. The van der Waals surface area contributed by atoms with Gasteiger partial charge in [0, 0.05) is 18.8 Å². The third-order valence-electron chi connectivity index (χ3n) is 3.62. The van der Waals surface area contributed by atoms with Crippen molar-refractivity contribution >= 4 is 33.7 Å². The molecule has 0 radical (unpaired) electrons. The predicted molar refractivity (Wildman–Crippen MR) is 105 cm³/mol. The second-order valence-corrected chi connectivity index (χ2v) is 6.13. The molecule has 0 aliphatic rings. The Labute approximate surface area is 156 Å². The van der Waals surface area contributed by atoms with Gasteiger partial charge < -0.3 is 9.64 Å². The Morgan fingerprint density at radius 2 is 1.84 bits per heavy atom. The van der Waals surface area contributed by atoms with Crippen LogP contribution >= 0.6 is 15.9 Å². The number of rotatable bonds is 8. The van der Waals surface area contributed by atoms with Crippen LogP contribution in [0.4, 0.5) is 5.69 Å². The number of hydrogen-bond acceptors (Lipinski definition) is 4. The van der Waals surface area contributed by atoms with Gasteiger partial charge in [0.15, 0.2) is 6.61 Å². The lowest BCUT2D eigenvalue weighted by Crippen LogP contribution is -2.24. The molecule has 5 nitrogen and oxygen atoms in total. The molecule has 2 aromatic carbocycles. The van der Waals surface area contributed by atoms with E-state index in [0.717, 1.165) is 23.1 Å². The molecule has 1 amide bonds. The maximum Gasteiger partial charge on any atom is 0.277 e. The Balaban J connectivity index is 1.82. The second kappa shape index (κ2) is 9.84. The van der Waals surface area contributed by atoms with E-state index in [-0.39, 0.29) is 12.5 Å². The molecule has 0 unspecified atom stereocenters. The van der Waals surface area contributed by atoms with Gasteiger partial charge in [-0.05, 0) is 59.6 Å². The summed E-state index contributed by atoms with van der Waals surface area (Å²) in [5.74, 6) is 0.306. The Hall–Kier alpha value is -2.34. The van der Waals surface area contributed by atoms with Crippen molar-refractivity contribution in [2.75, 3.05) is 24.6 Å². The highest BCUT2D eigenvalue weighted by Crippen LogP contribution is 2.23. The molecule has 25 heavy (non-hydrogen) atoms. The number of ether oxygens (including phenoxy) is 1. The van der Waals surface area contributed by atoms with Gasteiger partial charge in [-0.25, -0.2) is 5.43 Å². The van der Waals surface area contributed by atoms with Crippen LogP contribution in [0.15, 0.2) is 58.1 Å². The minimum Gasteiger partial charge on any atom is -0.483 e. The van der Waals surface area contributed by atoms with E-state index in [1.165, 1.54) is 5.69 Å². The van der Waals surface area contributed by atoms with Gasteiger partial charge in [0.2, 0.25) is 0 Å². The van der Waals surface area contributed by atoms with Gasteiger partial charge in [-0.1, -0.05) is 24.3 Å². The average molecular weight is 404 g/mol. The molecule has 2 rings (SSSR count). The van der Waals surface area contributed by atoms with Crippen molar-refractivity contribution in [2.45, 2.75) is 13.8 Å². The van der Waals surface area contributed by atoms with Crippen molar-refractivity contribution < 1.29 is 9.53 Å². The Morgan fingerprint density at radius 3 is 2.48 bits per heavy atom. The number of carbonyl (C=O) groups excluding carboxylic acids is 1. The van der Waals surface area contributed by atoms with E-state index in [4.69, 9.17) is 4.74 Å². The molecule has 1 N–H and O–H groups in total. The van der Waals surface area contributed by atoms with Crippen LogP contribution in [0.1, 0.15) is 19.4 Å². The van der Waals surface area contributed by atoms with Crippen molar-refractivity contribution in [2.24, 2.45) is 5.10 Å². The fourth-order valence-electron chi connectivity index (χ4n) is 2.28. The van der Waals surface area contributed by atoms with Gasteiger partial charge >= 0.3 is 0 Å². The highest BCUT2D eigenvalue weighted by Gasteiger charge is 2.04. The zero-order chi connectivity index (χ0) is 18.1. The van der Waals surface area contributed by atoms with E-state index in [0.29, 0.717) is 5.75 Å². The van der Waals surface area contributed by atoms with Crippen LogP contribution in [0.3, 0.4) is 0 Å². The molecule has 0 aliphatic carbocycles. The summed E-state index contributed by atoms with van der Waals surface area (Å²) >= 11 is 3.37. The molecule has 0 spiro atoms. The zero-order valence-corrected chi connectivity index (χ0v) is 16.0. The quantitative estimate of drug-likeness (QED) is 0.538. The molecule has 0 aromatic heterocycles. The standard InChI is InChI=1S/C19H22BrN3O2/c1-3-23(4-2)16-11-9-15(10-12-16)13-21-22-19(24)14-25-18-8-6-5-7-17(18)20/h5-13H,3-4,14H2,1-2H3,(H,22,24)/b21-13+. The van der Waals surface area contributed by atoms with Crippen molar-refractivity contribution in [3.8, 4) is 5.75 Å². The first-order valence-corrected chi connectivity index (χ1v) is 8.97. The molecular weight excluding hydrogens is 382 g/mol. The Bertz CT molecular complexity index is 713. The largest absolute Gasteiger partial charge is 0.483 e. The lowest BCUT2D eigenvalue weighted by atomic mass is 10.2. The summed E-state index contributed by atoms with van der Waals surface area (Å²) in [7, 11) is 0. The van der Waals surface area contributed by atoms with Gasteiger partial charge in [-0.3, -0.25) is 4.79 Å². The topological polar surface area (TPSA) is 53.9 Å². The first-order valence-electron chi connectivity index (χ1n) is 8.18.